The zero-order valence-electron chi connectivity index (χ0n) is 19.0. The van der Waals surface area contributed by atoms with Gasteiger partial charge in [0.05, 0.1) is 19.2 Å². The summed E-state index contributed by atoms with van der Waals surface area (Å²) in [4.78, 5) is 24.7. The summed E-state index contributed by atoms with van der Waals surface area (Å²) in [6.45, 7) is 3.41. The van der Waals surface area contributed by atoms with Gasteiger partial charge in [-0.2, -0.15) is 5.10 Å². The van der Waals surface area contributed by atoms with Crippen molar-refractivity contribution in [3.63, 3.8) is 0 Å². The first kappa shape index (κ1) is 23.3. The van der Waals surface area contributed by atoms with Crippen molar-refractivity contribution in [3.8, 4) is 17.0 Å². The Hall–Kier alpha value is -3.89. The predicted molar refractivity (Wildman–Crippen MR) is 129 cm³/mol. The van der Waals surface area contributed by atoms with Crippen LogP contribution in [0.4, 0.5) is 5.82 Å². The summed E-state index contributed by atoms with van der Waals surface area (Å²) < 4.78 is 6.87. The van der Waals surface area contributed by atoms with Gasteiger partial charge in [0.25, 0.3) is 11.8 Å². The van der Waals surface area contributed by atoms with Gasteiger partial charge in [0.15, 0.2) is 0 Å². The van der Waals surface area contributed by atoms with Gasteiger partial charge >= 0.3 is 0 Å². The van der Waals surface area contributed by atoms with Gasteiger partial charge < -0.3 is 32.2 Å². The second-order valence-corrected chi connectivity index (χ2v) is 8.09. The molecule has 0 saturated carbocycles. The third-order valence-electron chi connectivity index (χ3n) is 5.79. The van der Waals surface area contributed by atoms with E-state index in [1.54, 1.807) is 22.9 Å². The van der Waals surface area contributed by atoms with Crippen LogP contribution in [0.2, 0.25) is 0 Å². The number of anilines is 1. The number of piperazine rings is 1. The van der Waals surface area contributed by atoms with Gasteiger partial charge in [-0.3, -0.25) is 9.59 Å². The third kappa shape index (κ3) is 5.03. The van der Waals surface area contributed by atoms with E-state index in [2.05, 4.69) is 21.0 Å². The van der Waals surface area contributed by atoms with Crippen LogP contribution >= 0.6 is 0 Å². The number of primary amides is 1. The van der Waals surface area contributed by atoms with Crippen LogP contribution in [-0.2, 0) is 13.1 Å². The topological polar surface area (TPSA) is 149 Å². The number of amides is 2. The molecule has 178 valence electrons. The van der Waals surface area contributed by atoms with Crippen molar-refractivity contribution < 1.29 is 14.3 Å². The standard InChI is InChI=1S/C24H29N7O3/c1-34-19-5-3-2-4-18(19)24(33)29-12-15-6-8-16(9-7-15)21-20(23(26)32)22(25)31(30-21)14-17-13-27-10-11-28-17/h2-9,17,27-28H,10-14,25H2,1H3,(H2,26,32)(H,29,33)/t17-/m1/s1. The molecule has 34 heavy (non-hydrogen) atoms. The van der Waals surface area contributed by atoms with Crippen molar-refractivity contribution in [2.45, 2.75) is 19.1 Å². The fourth-order valence-corrected chi connectivity index (χ4v) is 4.00. The lowest BCUT2D eigenvalue weighted by Gasteiger charge is -2.24. The molecule has 0 bridgehead atoms. The summed E-state index contributed by atoms with van der Waals surface area (Å²) in [6, 6.07) is 14.6. The SMILES string of the molecule is COc1ccccc1C(=O)NCc1ccc(-c2nn(C[C@H]3CNCCN3)c(N)c2C(N)=O)cc1. The highest BCUT2D eigenvalue weighted by Crippen LogP contribution is 2.27. The Morgan fingerprint density at radius 2 is 1.94 bits per heavy atom. The number of nitrogens with two attached hydrogens (primary N) is 2. The zero-order valence-corrected chi connectivity index (χ0v) is 19.0. The summed E-state index contributed by atoms with van der Waals surface area (Å²) >= 11 is 0. The van der Waals surface area contributed by atoms with Gasteiger partial charge in [-0.25, -0.2) is 4.68 Å². The number of nitrogen functional groups attached to an aromatic ring is 1. The van der Waals surface area contributed by atoms with Gasteiger partial charge in [-0.15, -0.1) is 0 Å². The lowest BCUT2D eigenvalue weighted by Crippen LogP contribution is -2.50. The maximum Gasteiger partial charge on any atom is 0.255 e. The van der Waals surface area contributed by atoms with Crippen molar-refractivity contribution in [1.29, 1.82) is 0 Å². The molecule has 4 rings (SSSR count). The van der Waals surface area contributed by atoms with E-state index in [0.717, 1.165) is 25.2 Å². The number of carbonyl (C=O) groups excluding carboxylic acids is 2. The molecule has 1 atom stereocenters. The number of nitrogens with one attached hydrogen (secondary N) is 3. The van der Waals surface area contributed by atoms with Gasteiger partial charge in [0.2, 0.25) is 0 Å². The van der Waals surface area contributed by atoms with E-state index in [9.17, 15) is 9.59 Å². The molecule has 10 heteroatoms. The first-order valence-electron chi connectivity index (χ1n) is 11.1. The Morgan fingerprint density at radius 3 is 2.62 bits per heavy atom. The predicted octanol–water partition coefficient (Wildman–Crippen LogP) is 0.731. The molecule has 2 heterocycles. The maximum absolute atomic E-state index is 12.5. The minimum atomic E-state index is -0.623. The molecule has 10 nitrogen and oxygen atoms in total. The molecule has 7 N–H and O–H groups in total. The van der Waals surface area contributed by atoms with Crippen LogP contribution in [-0.4, -0.2) is 54.4 Å². The van der Waals surface area contributed by atoms with E-state index in [0.29, 0.717) is 35.7 Å². The van der Waals surface area contributed by atoms with Crippen molar-refractivity contribution in [1.82, 2.24) is 25.7 Å². The molecule has 2 amide bonds. The summed E-state index contributed by atoms with van der Waals surface area (Å²) in [5.74, 6) is -0.0822. The number of para-hydroxylation sites is 1. The maximum atomic E-state index is 12.5. The Bertz CT molecular complexity index is 1170. The van der Waals surface area contributed by atoms with Gasteiger partial charge in [0.1, 0.15) is 22.8 Å². The molecule has 0 aliphatic carbocycles. The number of aromatic nitrogens is 2. The summed E-state index contributed by atoms with van der Waals surface area (Å²) in [5.41, 5.74) is 14.6. The number of nitrogens with zero attached hydrogens (tertiary/aromatic N) is 2. The molecule has 1 aliphatic heterocycles. The Labute approximate surface area is 197 Å². The zero-order chi connectivity index (χ0) is 24.1. The van der Waals surface area contributed by atoms with Crippen LogP contribution in [0.5, 0.6) is 5.75 Å². The number of methoxy groups -OCH3 is 1. The molecule has 1 saturated heterocycles. The second-order valence-electron chi connectivity index (χ2n) is 8.09. The second kappa shape index (κ2) is 10.4. The highest BCUT2D eigenvalue weighted by atomic mass is 16.5. The van der Waals surface area contributed by atoms with E-state index in [-0.39, 0.29) is 23.3 Å². The largest absolute Gasteiger partial charge is 0.496 e. The van der Waals surface area contributed by atoms with Gasteiger partial charge in [0, 0.05) is 37.8 Å². The number of rotatable bonds is 8. The van der Waals surface area contributed by atoms with Gasteiger partial charge in [-0.1, -0.05) is 36.4 Å². The van der Waals surface area contributed by atoms with Crippen LogP contribution in [0.3, 0.4) is 0 Å². The quantitative estimate of drug-likeness (QED) is 0.331. The number of ether oxygens (including phenoxy) is 1. The first-order chi connectivity index (χ1) is 16.5. The number of benzene rings is 2. The minimum Gasteiger partial charge on any atom is -0.496 e. The molecule has 0 spiro atoms. The third-order valence-corrected chi connectivity index (χ3v) is 5.79. The Kier molecular flexibility index (Phi) is 7.09. The van der Waals surface area contributed by atoms with E-state index in [1.807, 2.05) is 30.3 Å². The average molecular weight is 464 g/mol. The monoisotopic (exact) mass is 463 g/mol. The molecule has 1 fully saturated rings. The number of carbonyl (C=O) groups is 2. The van der Waals surface area contributed by atoms with Crippen LogP contribution in [0.25, 0.3) is 11.3 Å². The molecule has 2 aromatic carbocycles. The van der Waals surface area contributed by atoms with E-state index in [4.69, 9.17) is 16.2 Å². The summed E-state index contributed by atoms with van der Waals surface area (Å²) in [7, 11) is 1.53. The number of hydrogen-bond donors (Lipinski definition) is 5. The first-order valence-corrected chi connectivity index (χ1v) is 11.1. The van der Waals surface area contributed by atoms with Crippen LogP contribution in [0.1, 0.15) is 26.3 Å². The van der Waals surface area contributed by atoms with E-state index in [1.165, 1.54) is 7.11 Å². The molecule has 1 aliphatic rings. The van der Waals surface area contributed by atoms with Crippen molar-refractivity contribution in [3.05, 3.63) is 65.2 Å². The number of hydrogen-bond acceptors (Lipinski definition) is 7. The minimum absolute atomic E-state index is 0.152. The lowest BCUT2D eigenvalue weighted by molar-refractivity contribution is 0.0946. The fraction of sp³-hybridized carbons (Fsp3) is 0.292. The van der Waals surface area contributed by atoms with Crippen LogP contribution < -0.4 is 32.2 Å². The highest BCUT2D eigenvalue weighted by molar-refractivity contribution is 6.03. The highest BCUT2D eigenvalue weighted by Gasteiger charge is 2.23. The summed E-state index contributed by atoms with van der Waals surface area (Å²) in [6.07, 6.45) is 0. The van der Waals surface area contributed by atoms with Crippen molar-refractivity contribution in [2.75, 3.05) is 32.5 Å². The molecular formula is C24H29N7O3. The smallest absolute Gasteiger partial charge is 0.255 e. The summed E-state index contributed by atoms with van der Waals surface area (Å²) in [5, 5.41) is 14.2. The van der Waals surface area contributed by atoms with Gasteiger partial charge in [-0.05, 0) is 17.7 Å². The van der Waals surface area contributed by atoms with Crippen LogP contribution in [0, 0.1) is 0 Å². The Balaban J connectivity index is 1.49. The van der Waals surface area contributed by atoms with Crippen molar-refractivity contribution in [2.24, 2.45) is 5.73 Å². The van der Waals surface area contributed by atoms with E-state index < -0.39 is 5.91 Å². The normalized spacial score (nSPS) is 15.6. The molecular weight excluding hydrogens is 434 g/mol. The Morgan fingerprint density at radius 1 is 1.18 bits per heavy atom. The van der Waals surface area contributed by atoms with E-state index >= 15 is 0 Å². The molecule has 3 aromatic rings. The molecule has 1 aromatic heterocycles. The van der Waals surface area contributed by atoms with Crippen molar-refractivity contribution >= 4 is 17.6 Å². The average Bonchev–Trinajstić information content (AvgIpc) is 3.19. The molecule has 0 unspecified atom stereocenters. The van der Waals surface area contributed by atoms with Crippen LogP contribution in [0.15, 0.2) is 48.5 Å². The fourth-order valence-electron chi connectivity index (χ4n) is 4.00. The molecule has 0 radical (unpaired) electrons. The lowest BCUT2D eigenvalue weighted by atomic mass is 10.0.